The van der Waals surface area contributed by atoms with Gasteiger partial charge in [-0.2, -0.15) is 18.4 Å². The minimum absolute atomic E-state index is 0.102. The molecule has 4 nitrogen and oxygen atoms in total. The van der Waals surface area contributed by atoms with Crippen molar-refractivity contribution in [3.05, 3.63) is 29.3 Å². The van der Waals surface area contributed by atoms with E-state index in [0.29, 0.717) is 18.7 Å². The highest BCUT2D eigenvalue weighted by Gasteiger charge is 2.38. The normalized spacial score (nSPS) is 22.1. The fourth-order valence-electron chi connectivity index (χ4n) is 2.66. The largest absolute Gasteiger partial charge is 0.480 e. The molecule has 0 radical (unpaired) electrons. The molecule has 7 heteroatoms. The molecule has 1 saturated heterocycles. The van der Waals surface area contributed by atoms with Crippen molar-refractivity contribution in [2.24, 2.45) is 5.92 Å². The SMILES string of the molecule is CC1CCN(c2ccc(C(F)(F)F)c(C#N)c2)C1C(=O)O. The molecule has 0 saturated carbocycles. The zero-order chi connectivity index (χ0) is 15.8. The number of hydrogen-bond acceptors (Lipinski definition) is 3. The number of nitriles is 1. The summed E-state index contributed by atoms with van der Waals surface area (Å²) in [5, 5.41) is 18.1. The van der Waals surface area contributed by atoms with Crippen molar-refractivity contribution in [2.75, 3.05) is 11.4 Å². The smallest absolute Gasteiger partial charge is 0.417 e. The van der Waals surface area contributed by atoms with Gasteiger partial charge in [0, 0.05) is 12.2 Å². The molecule has 0 aromatic heterocycles. The summed E-state index contributed by atoms with van der Waals surface area (Å²) in [7, 11) is 0. The first-order chi connectivity index (χ1) is 9.75. The molecule has 0 bridgehead atoms. The number of rotatable bonds is 2. The fraction of sp³-hybridized carbons (Fsp3) is 0.429. The third-order valence-corrected chi connectivity index (χ3v) is 3.71. The maximum absolute atomic E-state index is 12.8. The topological polar surface area (TPSA) is 64.3 Å². The molecule has 2 unspecified atom stereocenters. The van der Waals surface area contributed by atoms with Crippen molar-refractivity contribution in [1.29, 1.82) is 5.26 Å². The third-order valence-electron chi connectivity index (χ3n) is 3.71. The zero-order valence-electron chi connectivity index (χ0n) is 11.2. The zero-order valence-corrected chi connectivity index (χ0v) is 11.2. The summed E-state index contributed by atoms with van der Waals surface area (Å²) in [5.41, 5.74) is -1.17. The average molecular weight is 298 g/mol. The third kappa shape index (κ3) is 2.79. The first kappa shape index (κ1) is 15.2. The lowest BCUT2D eigenvalue weighted by Gasteiger charge is -2.26. The lowest BCUT2D eigenvalue weighted by molar-refractivity contribution is -0.139. The van der Waals surface area contributed by atoms with Crippen LogP contribution in [0, 0.1) is 17.2 Å². The minimum atomic E-state index is -4.60. The highest BCUT2D eigenvalue weighted by atomic mass is 19.4. The number of hydrogen-bond donors (Lipinski definition) is 1. The van der Waals surface area contributed by atoms with Gasteiger partial charge in [0.05, 0.1) is 17.2 Å². The van der Waals surface area contributed by atoms with Gasteiger partial charge in [0.2, 0.25) is 0 Å². The number of aliphatic carboxylic acids is 1. The second-order valence-electron chi connectivity index (χ2n) is 5.08. The van der Waals surface area contributed by atoms with Gasteiger partial charge in [0.25, 0.3) is 0 Å². The Morgan fingerprint density at radius 3 is 2.67 bits per heavy atom. The first-order valence-electron chi connectivity index (χ1n) is 6.36. The number of benzene rings is 1. The summed E-state index contributed by atoms with van der Waals surface area (Å²) in [5.74, 6) is -1.12. The van der Waals surface area contributed by atoms with Gasteiger partial charge in [-0.1, -0.05) is 6.92 Å². The van der Waals surface area contributed by atoms with Crippen LogP contribution in [-0.4, -0.2) is 23.7 Å². The van der Waals surface area contributed by atoms with Crippen LogP contribution in [0.1, 0.15) is 24.5 Å². The second kappa shape index (κ2) is 5.28. The quantitative estimate of drug-likeness (QED) is 0.912. The van der Waals surface area contributed by atoms with E-state index in [1.165, 1.54) is 17.0 Å². The summed E-state index contributed by atoms with van der Waals surface area (Å²) in [4.78, 5) is 12.8. The molecule has 1 fully saturated rings. The first-order valence-corrected chi connectivity index (χ1v) is 6.36. The molecule has 0 spiro atoms. The van der Waals surface area contributed by atoms with Gasteiger partial charge in [0.1, 0.15) is 6.04 Å². The molecule has 2 rings (SSSR count). The molecule has 1 aliphatic heterocycles. The number of halogens is 3. The molecule has 1 aromatic carbocycles. The van der Waals surface area contributed by atoms with Gasteiger partial charge in [-0.05, 0) is 30.5 Å². The molecule has 21 heavy (non-hydrogen) atoms. The maximum atomic E-state index is 12.8. The van der Waals surface area contributed by atoms with Gasteiger partial charge < -0.3 is 10.0 Å². The van der Waals surface area contributed by atoms with Crippen LogP contribution in [0.5, 0.6) is 0 Å². The van der Waals surface area contributed by atoms with E-state index in [1.54, 1.807) is 6.92 Å². The molecule has 1 aliphatic rings. The van der Waals surface area contributed by atoms with Crippen LogP contribution in [0.4, 0.5) is 18.9 Å². The number of carboxylic acids is 1. The highest BCUT2D eigenvalue weighted by Crippen LogP contribution is 2.36. The van der Waals surface area contributed by atoms with Crippen LogP contribution in [0.3, 0.4) is 0 Å². The van der Waals surface area contributed by atoms with Crippen LogP contribution in [0.2, 0.25) is 0 Å². The van der Waals surface area contributed by atoms with Gasteiger partial charge in [-0.3, -0.25) is 0 Å². The van der Waals surface area contributed by atoms with E-state index in [4.69, 9.17) is 5.26 Å². The Morgan fingerprint density at radius 1 is 1.48 bits per heavy atom. The Morgan fingerprint density at radius 2 is 2.14 bits per heavy atom. The van der Waals surface area contributed by atoms with Crippen LogP contribution in [-0.2, 0) is 11.0 Å². The van der Waals surface area contributed by atoms with Gasteiger partial charge in [-0.15, -0.1) is 0 Å². The minimum Gasteiger partial charge on any atom is -0.480 e. The van der Waals surface area contributed by atoms with Crippen molar-refractivity contribution < 1.29 is 23.1 Å². The molecule has 0 aliphatic carbocycles. The lowest BCUT2D eigenvalue weighted by atomic mass is 10.0. The van der Waals surface area contributed by atoms with E-state index < -0.39 is 29.3 Å². The van der Waals surface area contributed by atoms with Crippen LogP contribution in [0.15, 0.2) is 18.2 Å². The predicted octanol–water partition coefficient (Wildman–Crippen LogP) is 2.88. The van der Waals surface area contributed by atoms with Gasteiger partial charge in [-0.25, -0.2) is 4.79 Å². The number of alkyl halides is 3. The Hall–Kier alpha value is -2.23. The molecule has 1 N–H and O–H groups in total. The number of carboxylic acid groups (broad SMARTS) is 1. The summed E-state index contributed by atoms with van der Waals surface area (Å²) in [6.07, 6.45) is -3.96. The van der Waals surface area contributed by atoms with E-state index in [2.05, 4.69) is 0 Å². The van der Waals surface area contributed by atoms with Crippen molar-refractivity contribution in [1.82, 2.24) is 0 Å². The Bertz CT molecular complexity index is 607. The fourth-order valence-corrected chi connectivity index (χ4v) is 2.66. The molecule has 1 heterocycles. The van der Waals surface area contributed by atoms with Crippen molar-refractivity contribution in [3.8, 4) is 6.07 Å². The summed E-state index contributed by atoms with van der Waals surface area (Å²) >= 11 is 0. The van der Waals surface area contributed by atoms with Crippen LogP contribution < -0.4 is 4.90 Å². The van der Waals surface area contributed by atoms with Crippen molar-refractivity contribution >= 4 is 11.7 Å². The molecule has 0 amide bonds. The molecular weight excluding hydrogens is 285 g/mol. The van der Waals surface area contributed by atoms with E-state index in [9.17, 15) is 23.1 Å². The molecule has 112 valence electrons. The standard InChI is InChI=1S/C14H13F3N2O2/c1-8-4-5-19(12(8)13(20)21)10-2-3-11(14(15,16)17)9(6-10)7-18/h2-3,6,8,12H,4-5H2,1H3,(H,20,21). The summed E-state index contributed by atoms with van der Waals surface area (Å²) in [6, 6.07) is 3.90. The Labute approximate surface area is 119 Å². The highest BCUT2D eigenvalue weighted by molar-refractivity contribution is 5.79. The lowest BCUT2D eigenvalue weighted by Crippen LogP contribution is -2.39. The Kier molecular flexibility index (Phi) is 3.81. The second-order valence-corrected chi connectivity index (χ2v) is 5.08. The summed E-state index contributed by atoms with van der Waals surface area (Å²) < 4.78 is 38.3. The Balaban J connectivity index is 2.43. The van der Waals surface area contributed by atoms with E-state index in [-0.39, 0.29) is 5.92 Å². The predicted molar refractivity (Wildman–Crippen MR) is 68.7 cm³/mol. The summed E-state index contributed by atoms with van der Waals surface area (Å²) in [6.45, 7) is 2.22. The van der Waals surface area contributed by atoms with Crippen LogP contribution >= 0.6 is 0 Å². The van der Waals surface area contributed by atoms with Gasteiger partial charge >= 0.3 is 12.1 Å². The number of anilines is 1. The molecular formula is C14H13F3N2O2. The van der Waals surface area contributed by atoms with E-state index in [0.717, 1.165) is 12.1 Å². The van der Waals surface area contributed by atoms with Crippen LogP contribution in [0.25, 0.3) is 0 Å². The van der Waals surface area contributed by atoms with E-state index in [1.807, 2.05) is 0 Å². The monoisotopic (exact) mass is 298 g/mol. The molecule has 2 atom stereocenters. The van der Waals surface area contributed by atoms with Crippen molar-refractivity contribution in [2.45, 2.75) is 25.6 Å². The average Bonchev–Trinajstić information content (AvgIpc) is 2.79. The van der Waals surface area contributed by atoms with Gasteiger partial charge in [0.15, 0.2) is 0 Å². The number of nitrogens with zero attached hydrogens (tertiary/aromatic N) is 2. The maximum Gasteiger partial charge on any atom is 0.417 e. The van der Waals surface area contributed by atoms with E-state index >= 15 is 0 Å². The van der Waals surface area contributed by atoms with Crippen molar-refractivity contribution in [3.63, 3.8) is 0 Å². The molecule has 1 aromatic rings. The number of carbonyl (C=O) groups is 1.